The van der Waals surface area contributed by atoms with E-state index in [0.29, 0.717) is 0 Å². The SMILES string of the molecule is Cc1cc(C)c(C2=c3sccc3=C(C#N)CS2)c(C)c1. The highest BCUT2D eigenvalue weighted by Crippen LogP contribution is 2.33. The van der Waals surface area contributed by atoms with Gasteiger partial charge in [0.15, 0.2) is 0 Å². The summed E-state index contributed by atoms with van der Waals surface area (Å²) in [5.74, 6) is 0.780. The maximum absolute atomic E-state index is 9.25. The van der Waals surface area contributed by atoms with E-state index in [1.54, 1.807) is 23.1 Å². The van der Waals surface area contributed by atoms with Crippen LogP contribution in [0.2, 0.25) is 0 Å². The summed E-state index contributed by atoms with van der Waals surface area (Å²) in [7, 11) is 0. The van der Waals surface area contributed by atoms with Gasteiger partial charge in [-0.3, -0.25) is 0 Å². The molecule has 1 aromatic carbocycles. The maximum atomic E-state index is 9.25. The van der Waals surface area contributed by atoms with E-state index in [1.807, 2.05) is 0 Å². The van der Waals surface area contributed by atoms with Crippen molar-refractivity contribution in [2.75, 3.05) is 5.75 Å². The molecule has 0 spiro atoms. The Bertz CT molecular complexity index is 827. The topological polar surface area (TPSA) is 23.8 Å². The minimum Gasteiger partial charge on any atom is -0.193 e. The molecule has 1 aliphatic rings. The number of hydrogen-bond acceptors (Lipinski definition) is 3. The van der Waals surface area contributed by atoms with Crippen LogP contribution >= 0.6 is 23.1 Å². The van der Waals surface area contributed by atoms with Gasteiger partial charge in [0.25, 0.3) is 0 Å². The molecule has 0 saturated heterocycles. The van der Waals surface area contributed by atoms with Crippen molar-refractivity contribution in [2.45, 2.75) is 20.8 Å². The molecule has 3 rings (SSSR count). The number of benzene rings is 1. The molecular formula is C17H15NS2. The highest BCUT2D eigenvalue weighted by molar-refractivity contribution is 8.08. The monoisotopic (exact) mass is 297 g/mol. The van der Waals surface area contributed by atoms with E-state index in [9.17, 15) is 5.26 Å². The van der Waals surface area contributed by atoms with Crippen LogP contribution in [0.4, 0.5) is 0 Å². The Morgan fingerprint density at radius 2 is 1.85 bits per heavy atom. The smallest absolute Gasteiger partial charge is 0.0962 e. The first-order valence-corrected chi connectivity index (χ1v) is 8.40. The Morgan fingerprint density at radius 3 is 2.50 bits per heavy atom. The van der Waals surface area contributed by atoms with E-state index in [2.05, 4.69) is 50.4 Å². The van der Waals surface area contributed by atoms with Crippen LogP contribution in [0.25, 0.3) is 10.5 Å². The lowest BCUT2D eigenvalue weighted by molar-refractivity contribution is 1.29. The second-order valence-electron chi connectivity index (χ2n) is 5.15. The van der Waals surface area contributed by atoms with Crippen LogP contribution in [-0.4, -0.2) is 5.75 Å². The van der Waals surface area contributed by atoms with Gasteiger partial charge in [-0.25, -0.2) is 0 Å². The second kappa shape index (κ2) is 5.12. The van der Waals surface area contributed by atoms with Crippen LogP contribution in [0.3, 0.4) is 0 Å². The summed E-state index contributed by atoms with van der Waals surface area (Å²) in [5.41, 5.74) is 6.20. The Labute approximate surface area is 127 Å². The van der Waals surface area contributed by atoms with E-state index in [1.165, 1.54) is 31.7 Å². The average Bonchev–Trinajstić information content (AvgIpc) is 2.87. The summed E-state index contributed by atoms with van der Waals surface area (Å²) in [5, 5.41) is 12.5. The number of nitrogens with zero attached hydrogens (tertiary/aromatic N) is 1. The van der Waals surface area contributed by atoms with E-state index in [0.717, 1.165) is 16.5 Å². The predicted molar refractivity (Wildman–Crippen MR) is 88.2 cm³/mol. The van der Waals surface area contributed by atoms with Gasteiger partial charge in [0, 0.05) is 26.0 Å². The fraction of sp³-hybridized carbons (Fsp3) is 0.235. The summed E-state index contributed by atoms with van der Waals surface area (Å²) >= 11 is 3.54. The molecule has 2 aromatic rings. The van der Waals surface area contributed by atoms with E-state index in [4.69, 9.17) is 0 Å². The van der Waals surface area contributed by atoms with Crippen LogP contribution in [0.5, 0.6) is 0 Å². The zero-order valence-electron chi connectivity index (χ0n) is 11.8. The zero-order valence-corrected chi connectivity index (χ0v) is 13.4. The molecule has 0 fully saturated rings. The van der Waals surface area contributed by atoms with Crippen molar-refractivity contribution >= 4 is 33.6 Å². The van der Waals surface area contributed by atoms with Crippen molar-refractivity contribution in [3.63, 3.8) is 0 Å². The Balaban J connectivity index is 2.40. The molecule has 1 aliphatic heterocycles. The van der Waals surface area contributed by atoms with E-state index in [-0.39, 0.29) is 0 Å². The lowest BCUT2D eigenvalue weighted by Crippen LogP contribution is -2.27. The van der Waals surface area contributed by atoms with Crippen molar-refractivity contribution in [1.82, 2.24) is 0 Å². The third-order valence-corrected chi connectivity index (χ3v) is 5.79. The second-order valence-corrected chi connectivity index (χ2v) is 7.05. The number of hydrogen-bond donors (Lipinski definition) is 0. The number of fused-ring (bicyclic) bond motifs is 1. The first-order chi connectivity index (χ1) is 9.61. The van der Waals surface area contributed by atoms with Crippen molar-refractivity contribution in [3.05, 3.63) is 55.6 Å². The van der Waals surface area contributed by atoms with Crippen LogP contribution < -0.4 is 9.75 Å². The van der Waals surface area contributed by atoms with E-state index >= 15 is 0 Å². The van der Waals surface area contributed by atoms with Crippen LogP contribution in [0.1, 0.15) is 22.3 Å². The van der Waals surface area contributed by atoms with Gasteiger partial charge < -0.3 is 0 Å². The van der Waals surface area contributed by atoms with Gasteiger partial charge in [-0.1, -0.05) is 17.7 Å². The van der Waals surface area contributed by atoms with Crippen molar-refractivity contribution in [2.24, 2.45) is 0 Å². The molecule has 3 heteroatoms. The fourth-order valence-electron chi connectivity index (χ4n) is 2.83. The molecule has 0 aliphatic carbocycles. The third kappa shape index (κ3) is 2.09. The highest BCUT2D eigenvalue weighted by atomic mass is 32.2. The lowest BCUT2D eigenvalue weighted by atomic mass is 9.99. The standard InChI is InChI=1S/C17H15NS2/c1-10-6-11(2)15(12(3)7-10)17-16-14(4-5-19-16)13(8-18)9-20-17/h4-7H,9H2,1-3H3. The van der Waals surface area contributed by atoms with Gasteiger partial charge in [-0.15, -0.1) is 23.1 Å². The number of nitriles is 1. The molecule has 0 atom stereocenters. The highest BCUT2D eigenvalue weighted by Gasteiger charge is 2.17. The molecule has 0 amide bonds. The number of aryl methyl sites for hydroxylation is 3. The fourth-order valence-corrected chi connectivity index (χ4v) is 5.23. The molecule has 100 valence electrons. The Hall–Kier alpha value is -1.50. The Morgan fingerprint density at radius 1 is 1.15 bits per heavy atom. The average molecular weight is 297 g/mol. The maximum Gasteiger partial charge on any atom is 0.0962 e. The lowest BCUT2D eigenvalue weighted by Gasteiger charge is -2.16. The molecule has 2 heterocycles. The molecule has 0 radical (unpaired) electrons. The van der Waals surface area contributed by atoms with Crippen molar-refractivity contribution in [3.8, 4) is 6.07 Å². The minimum atomic E-state index is 0.780. The summed E-state index contributed by atoms with van der Waals surface area (Å²) < 4.78 is 1.26. The van der Waals surface area contributed by atoms with Crippen LogP contribution in [0.15, 0.2) is 23.6 Å². The van der Waals surface area contributed by atoms with Crippen molar-refractivity contribution < 1.29 is 0 Å². The minimum absolute atomic E-state index is 0.780. The van der Waals surface area contributed by atoms with Gasteiger partial charge in [0.05, 0.1) is 6.07 Å². The molecule has 1 nitrogen and oxygen atoms in total. The van der Waals surface area contributed by atoms with Gasteiger partial charge >= 0.3 is 0 Å². The molecule has 1 aromatic heterocycles. The summed E-state index contributed by atoms with van der Waals surface area (Å²) in [6.07, 6.45) is 0. The number of thiophene rings is 1. The van der Waals surface area contributed by atoms with Gasteiger partial charge in [0.1, 0.15) is 0 Å². The molecule has 0 bridgehead atoms. The van der Waals surface area contributed by atoms with Crippen LogP contribution in [-0.2, 0) is 0 Å². The third-order valence-electron chi connectivity index (χ3n) is 3.60. The molecule has 0 saturated carbocycles. The molecule has 20 heavy (non-hydrogen) atoms. The van der Waals surface area contributed by atoms with Gasteiger partial charge in [0.2, 0.25) is 0 Å². The van der Waals surface area contributed by atoms with Gasteiger partial charge in [-0.2, -0.15) is 5.26 Å². The van der Waals surface area contributed by atoms with E-state index < -0.39 is 0 Å². The first kappa shape index (κ1) is 13.5. The Kier molecular flexibility index (Phi) is 3.45. The van der Waals surface area contributed by atoms with Crippen LogP contribution in [0, 0.1) is 32.1 Å². The summed E-state index contributed by atoms with van der Waals surface area (Å²) in [6.45, 7) is 6.50. The summed E-state index contributed by atoms with van der Waals surface area (Å²) in [4.78, 5) is 1.34. The van der Waals surface area contributed by atoms with Crippen molar-refractivity contribution in [1.29, 1.82) is 5.26 Å². The molecular weight excluding hydrogens is 282 g/mol. The largest absolute Gasteiger partial charge is 0.193 e. The zero-order chi connectivity index (χ0) is 14.3. The number of thioether (sulfide) groups is 1. The molecule has 0 unspecified atom stereocenters. The van der Waals surface area contributed by atoms with Gasteiger partial charge in [-0.05, 0) is 48.9 Å². The quantitative estimate of drug-likeness (QED) is 0.807. The molecule has 0 N–H and O–H groups in total. The first-order valence-electron chi connectivity index (χ1n) is 6.54. The normalized spacial score (nSPS) is 14.1. The summed E-state index contributed by atoms with van der Waals surface area (Å²) in [6, 6.07) is 8.91. The predicted octanol–water partition coefficient (Wildman–Crippen LogP) is 3.25. The number of rotatable bonds is 1.